The molecule has 0 aliphatic rings. The Balaban J connectivity index is 1.99. The third-order valence-corrected chi connectivity index (χ3v) is 3.97. The Hall–Kier alpha value is -1.97. The fourth-order valence-electron chi connectivity index (χ4n) is 2.59. The molecule has 0 fully saturated rings. The van der Waals surface area contributed by atoms with Crippen molar-refractivity contribution < 1.29 is 4.74 Å². The van der Waals surface area contributed by atoms with Gasteiger partial charge in [-0.05, 0) is 17.7 Å². The van der Waals surface area contributed by atoms with Crippen molar-refractivity contribution in [3.8, 4) is 5.75 Å². The minimum atomic E-state index is 0.474. The van der Waals surface area contributed by atoms with Crippen molar-refractivity contribution >= 4 is 22.5 Å². The zero-order chi connectivity index (χ0) is 14.8. The summed E-state index contributed by atoms with van der Waals surface area (Å²) in [6.45, 7) is 1.22. The molecule has 0 atom stereocenters. The summed E-state index contributed by atoms with van der Waals surface area (Å²) in [7, 11) is 1.67. The standard InChI is InChI=1S/C17H17ClN2O/c1-21-17-8-12(6-7-13(17)9-19)10-20-11-15(18)14-4-2-3-5-16(14)20/h2-8,11H,9-10,19H2,1H3. The average Bonchev–Trinajstić information content (AvgIpc) is 2.84. The molecule has 0 aliphatic carbocycles. The molecule has 0 spiro atoms. The van der Waals surface area contributed by atoms with Crippen molar-refractivity contribution in [2.45, 2.75) is 13.1 Å². The highest BCUT2D eigenvalue weighted by atomic mass is 35.5. The van der Waals surface area contributed by atoms with Gasteiger partial charge in [0.25, 0.3) is 0 Å². The molecule has 2 N–H and O–H groups in total. The number of benzene rings is 2. The molecule has 1 heterocycles. The summed E-state index contributed by atoms with van der Waals surface area (Å²) >= 11 is 6.29. The van der Waals surface area contributed by atoms with E-state index in [-0.39, 0.29) is 0 Å². The van der Waals surface area contributed by atoms with E-state index in [9.17, 15) is 0 Å². The van der Waals surface area contributed by atoms with E-state index in [1.54, 1.807) is 7.11 Å². The molecule has 3 aromatic rings. The Labute approximate surface area is 128 Å². The van der Waals surface area contributed by atoms with Gasteiger partial charge in [-0.3, -0.25) is 0 Å². The summed E-state index contributed by atoms with van der Waals surface area (Å²) in [6.07, 6.45) is 1.97. The first-order valence-electron chi connectivity index (χ1n) is 6.82. The van der Waals surface area contributed by atoms with Gasteiger partial charge in [-0.25, -0.2) is 0 Å². The van der Waals surface area contributed by atoms with E-state index in [0.717, 1.165) is 39.3 Å². The molecule has 108 valence electrons. The van der Waals surface area contributed by atoms with Gasteiger partial charge in [0.2, 0.25) is 0 Å². The lowest BCUT2D eigenvalue weighted by atomic mass is 10.1. The molecule has 3 nitrogen and oxygen atoms in total. The number of nitrogens with zero attached hydrogens (tertiary/aromatic N) is 1. The molecule has 0 saturated heterocycles. The number of halogens is 1. The first-order chi connectivity index (χ1) is 10.2. The Morgan fingerprint density at radius 3 is 2.76 bits per heavy atom. The van der Waals surface area contributed by atoms with Crippen LogP contribution in [0.1, 0.15) is 11.1 Å². The van der Waals surface area contributed by atoms with E-state index in [0.29, 0.717) is 6.54 Å². The Kier molecular flexibility index (Phi) is 3.86. The zero-order valence-electron chi connectivity index (χ0n) is 11.8. The maximum atomic E-state index is 6.29. The van der Waals surface area contributed by atoms with E-state index in [1.807, 2.05) is 36.5 Å². The van der Waals surface area contributed by atoms with Gasteiger partial charge < -0.3 is 15.0 Å². The summed E-state index contributed by atoms with van der Waals surface area (Å²) in [6, 6.07) is 14.3. The van der Waals surface area contributed by atoms with Crippen LogP contribution in [0.3, 0.4) is 0 Å². The summed E-state index contributed by atoms with van der Waals surface area (Å²) in [5, 5.41) is 1.85. The van der Waals surface area contributed by atoms with Crippen LogP contribution >= 0.6 is 11.6 Å². The average molecular weight is 301 g/mol. The summed E-state index contributed by atoms with van der Waals surface area (Å²) in [5.74, 6) is 0.831. The lowest BCUT2D eigenvalue weighted by molar-refractivity contribution is 0.409. The molecule has 0 radical (unpaired) electrons. The molecule has 0 bridgehead atoms. The molecule has 21 heavy (non-hydrogen) atoms. The number of nitrogens with two attached hydrogens (primary N) is 1. The van der Waals surface area contributed by atoms with Crippen LogP contribution in [-0.4, -0.2) is 11.7 Å². The van der Waals surface area contributed by atoms with Gasteiger partial charge in [-0.1, -0.05) is 41.9 Å². The number of aromatic nitrogens is 1. The quantitative estimate of drug-likeness (QED) is 0.796. The third-order valence-electron chi connectivity index (χ3n) is 3.66. The van der Waals surface area contributed by atoms with E-state index >= 15 is 0 Å². The van der Waals surface area contributed by atoms with E-state index in [2.05, 4.69) is 16.7 Å². The maximum absolute atomic E-state index is 6.29. The van der Waals surface area contributed by atoms with Crippen molar-refractivity contribution in [2.24, 2.45) is 5.73 Å². The molecule has 1 aromatic heterocycles. The number of hydrogen-bond acceptors (Lipinski definition) is 2. The number of hydrogen-bond donors (Lipinski definition) is 1. The first kappa shape index (κ1) is 14.0. The first-order valence-corrected chi connectivity index (χ1v) is 7.20. The van der Waals surface area contributed by atoms with Gasteiger partial charge in [0.15, 0.2) is 0 Å². The second-order valence-electron chi connectivity index (χ2n) is 4.97. The van der Waals surface area contributed by atoms with Crippen LogP contribution in [0.5, 0.6) is 5.75 Å². The van der Waals surface area contributed by atoms with Crippen molar-refractivity contribution in [1.29, 1.82) is 0 Å². The molecule has 0 unspecified atom stereocenters. The fraction of sp³-hybridized carbons (Fsp3) is 0.176. The van der Waals surface area contributed by atoms with Gasteiger partial charge >= 0.3 is 0 Å². The van der Waals surface area contributed by atoms with E-state index in [4.69, 9.17) is 22.1 Å². The zero-order valence-corrected chi connectivity index (χ0v) is 12.6. The van der Waals surface area contributed by atoms with Crippen LogP contribution in [0.2, 0.25) is 5.02 Å². The van der Waals surface area contributed by atoms with Gasteiger partial charge in [-0.2, -0.15) is 0 Å². The van der Waals surface area contributed by atoms with Crippen LogP contribution in [0.15, 0.2) is 48.7 Å². The van der Waals surface area contributed by atoms with Crippen molar-refractivity contribution in [3.63, 3.8) is 0 Å². The largest absolute Gasteiger partial charge is 0.496 e. The normalized spacial score (nSPS) is 11.0. The maximum Gasteiger partial charge on any atom is 0.123 e. The second kappa shape index (κ2) is 5.80. The van der Waals surface area contributed by atoms with Gasteiger partial charge in [0.1, 0.15) is 5.75 Å². The smallest absolute Gasteiger partial charge is 0.123 e. The highest BCUT2D eigenvalue weighted by Gasteiger charge is 2.08. The number of methoxy groups -OCH3 is 1. The minimum absolute atomic E-state index is 0.474. The summed E-state index contributed by atoms with van der Waals surface area (Å²) in [4.78, 5) is 0. The van der Waals surface area contributed by atoms with Crippen LogP contribution < -0.4 is 10.5 Å². The van der Waals surface area contributed by atoms with Crippen LogP contribution in [-0.2, 0) is 13.1 Å². The molecular formula is C17H17ClN2O. The van der Waals surface area contributed by atoms with Crippen LogP contribution in [0.25, 0.3) is 10.9 Å². The Bertz CT molecular complexity index is 780. The van der Waals surface area contributed by atoms with Crippen molar-refractivity contribution in [2.75, 3.05) is 7.11 Å². The Morgan fingerprint density at radius 1 is 1.19 bits per heavy atom. The van der Waals surface area contributed by atoms with E-state index < -0.39 is 0 Å². The number of ether oxygens (including phenoxy) is 1. The lowest BCUT2D eigenvalue weighted by Gasteiger charge is -2.10. The van der Waals surface area contributed by atoms with Gasteiger partial charge in [0, 0.05) is 35.8 Å². The molecule has 0 amide bonds. The van der Waals surface area contributed by atoms with Crippen LogP contribution in [0.4, 0.5) is 0 Å². The molecule has 0 saturated carbocycles. The number of para-hydroxylation sites is 1. The SMILES string of the molecule is COc1cc(Cn2cc(Cl)c3ccccc32)ccc1CN. The second-order valence-corrected chi connectivity index (χ2v) is 5.38. The van der Waals surface area contributed by atoms with Crippen LogP contribution in [0, 0.1) is 0 Å². The third kappa shape index (κ3) is 2.62. The number of fused-ring (bicyclic) bond motifs is 1. The fourth-order valence-corrected chi connectivity index (χ4v) is 2.86. The summed E-state index contributed by atoms with van der Waals surface area (Å²) in [5.41, 5.74) is 9.00. The minimum Gasteiger partial charge on any atom is -0.496 e. The van der Waals surface area contributed by atoms with Crippen molar-refractivity contribution in [1.82, 2.24) is 4.57 Å². The highest BCUT2D eigenvalue weighted by molar-refractivity contribution is 6.35. The molecule has 3 rings (SSSR count). The molecule has 4 heteroatoms. The molecule has 2 aromatic carbocycles. The Morgan fingerprint density at radius 2 is 2.00 bits per heavy atom. The van der Waals surface area contributed by atoms with E-state index in [1.165, 1.54) is 0 Å². The predicted octanol–water partition coefficient (Wildman–Crippen LogP) is 3.81. The highest BCUT2D eigenvalue weighted by Crippen LogP contribution is 2.27. The predicted molar refractivity (Wildman–Crippen MR) is 86.9 cm³/mol. The van der Waals surface area contributed by atoms with Gasteiger partial charge in [-0.15, -0.1) is 0 Å². The van der Waals surface area contributed by atoms with Crippen molar-refractivity contribution in [3.05, 3.63) is 64.8 Å². The lowest BCUT2D eigenvalue weighted by Crippen LogP contribution is -2.02. The molecule has 0 aliphatic heterocycles. The summed E-state index contributed by atoms with van der Waals surface area (Å²) < 4.78 is 7.54. The number of rotatable bonds is 4. The topological polar surface area (TPSA) is 40.2 Å². The van der Waals surface area contributed by atoms with Gasteiger partial charge in [0.05, 0.1) is 12.1 Å². The molecular weight excluding hydrogens is 284 g/mol. The monoisotopic (exact) mass is 300 g/mol.